The van der Waals surface area contributed by atoms with Gasteiger partial charge in [0, 0.05) is 42.0 Å². The number of aliphatic hydroxyl groups excluding tert-OH is 1. The van der Waals surface area contributed by atoms with Crippen LogP contribution in [0, 0.1) is 28.6 Å². The monoisotopic (exact) mass is 459 g/mol. The number of carbonyl (C=O) groups excluding carboxylic acids is 1. The molecule has 0 aromatic heterocycles. The highest BCUT2D eigenvalue weighted by Gasteiger charge is 2.71. The lowest BCUT2D eigenvalue weighted by Crippen LogP contribution is -2.69. The van der Waals surface area contributed by atoms with Gasteiger partial charge < -0.3 is 20.1 Å². The van der Waals surface area contributed by atoms with Crippen molar-refractivity contribution in [1.29, 1.82) is 0 Å². The van der Waals surface area contributed by atoms with Gasteiger partial charge in [-0.2, -0.15) is 0 Å². The Hall–Kier alpha value is -1.24. The molecule has 9 atom stereocenters. The fourth-order valence-corrected chi connectivity index (χ4v) is 8.82. The lowest BCUT2D eigenvalue weighted by atomic mass is 9.41. The highest BCUT2D eigenvalue weighted by molar-refractivity contribution is 5.84. The summed E-state index contributed by atoms with van der Waals surface area (Å²) in [5.74, 6) is 0.0656. The molecule has 0 aromatic carbocycles. The predicted octanol–water partition coefficient (Wildman–Crippen LogP) is 3.57. The van der Waals surface area contributed by atoms with Crippen molar-refractivity contribution in [3.8, 4) is 0 Å². The maximum absolute atomic E-state index is 12.4. The van der Waals surface area contributed by atoms with Gasteiger partial charge in [0.15, 0.2) is 0 Å². The van der Waals surface area contributed by atoms with Crippen LogP contribution in [-0.4, -0.2) is 57.5 Å². The maximum Gasteiger partial charge on any atom is 0.331 e. The summed E-state index contributed by atoms with van der Waals surface area (Å²) in [6.07, 6.45) is 13.3. The van der Waals surface area contributed by atoms with Crippen molar-refractivity contribution in [2.45, 2.75) is 108 Å². The average Bonchev–Trinajstić information content (AvgIpc) is 3.31. The molecule has 6 nitrogen and oxygen atoms in total. The summed E-state index contributed by atoms with van der Waals surface area (Å²) in [4.78, 5) is 16.6. The average molecular weight is 460 g/mol. The Morgan fingerprint density at radius 3 is 2.58 bits per heavy atom. The zero-order valence-electron chi connectivity index (χ0n) is 20.2. The third kappa shape index (κ3) is 3.30. The number of esters is 1. The van der Waals surface area contributed by atoms with Crippen molar-refractivity contribution in [2.24, 2.45) is 33.6 Å². The van der Waals surface area contributed by atoms with Crippen LogP contribution in [-0.2, 0) is 9.53 Å². The van der Waals surface area contributed by atoms with Crippen LogP contribution in [0.2, 0.25) is 0 Å². The topological polar surface area (TPSA) is 99.4 Å². The lowest BCUT2D eigenvalue weighted by molar-refractivity contribution is -0.241. The van der Waals surface area contributed by atoms with Gasteiger partial charge in [-0.15, -0.1) is 0 Å². The summed E-state index contributed by atoms with van der Waals surface area (Å²) >= 11 is 0. The predicted molar refractivity (Wildman–Crippen MR) is 126 cm³/mol. The van der Waals surface area contributed by atoms with E-state index in [0.717, 1.165) is 51.5 Å². The summed E-state index contributed by atoms with van der Waals surface area (Å²) in [7, 11) is 0. The van der Waals surface area contributed by atoms with Crippen molar-refractivity contribution in [2.75, 3.05) is 6.54 Å². The maximum atomic E-state index is 12.4. The van der Waals surface area contributed by atoms with Gasteiger partial charge >= 0.3 is 5.97 Å². The zero-order chi connectivity index (χ0) is 23.5. The third-order valence-electron chi connectivity index (χ3n) is 10.6. The molecule has 4 saturated carbocycles. The molecule has 0 bridgehead atoms. The van der Waals surface area contributed by atoms with E-state index in [4.69, 9.17) is 9.73 Å². The molecule has 0 unspecified atom stereocenters. The molecule has 1 heterocycles. The number of fused-ring (bicyclic) bond motifs is 5. The second-order valence-electron chi connectivity index (χ2n) is 11.9. The Labute approximate surface area is 197 Å². The fraction of sp³-hybridized carbons (Fsp3) is 0.852. The van der Waals surface area contributed by atoms with Crippen LogP contribution in [0.15, 0.2) is 17.1 Å². The van der Waals surface area contributed by atoms with Gasteiger partial charge in [0.25, 0.3) is 0 Å². The van der Waals surface area contributed by atoms with E-state index >= 15 is 0 Å². The van der Waals surface area contributed by atoms with Gasteiger partial charge in [-0.25, -0.2) is 4.79 Å². The number of hydrogen-bond acceptors (Lipinski definition) is 6. The Morgan fingerprint density at radius 2 is 1.85 bits per heavy atom. The van der Waals surface area contributed by atoms with Crippen molar-refractivity contribution < 1.29 is 24.9 Å². The smallest absolute Gasteiger partial charge is 0.331 e. The number of aliphatic hydroxyl groups is 3. The van der Waals surface area contributed by atoms with Crippen LogP contribution in [0.4, 0.5) is 0 Å². The van der Waals surface area contributed by atoms with E-state index in [0.29, 0.717) is 25.7 Å². The Morgan fingerprint density at radius 1 is 1.09 bits per heavy atom. The molecule has 33 heavy (non-hydrogen) atoms. The van der Waals surface area contributed by atoms with Crippen molar-refractivity contribution >= 4 is 12.2 Å². The van der Waals surface area contributed by atoms with Gasteiger partial charge in [-0.3, -0.25) is 4.99 Å². The molecular formula is C27H41NO5. The van der Waals surface area contributed by atoms with E-state index in [-0.39, 0.29) is 35.2 Å². The van der Waals surface area contributed by atoms with Crippen LogP contribution in [0.1, 0.15) is 84.5 Å². The van der Waals surface area contributed by atoms with Crippen molar-refractivity contribution in [3.63, 3.8) is 0 Å². The van der Waals surface area contributed by atoms with Crippen molar-refractivity contribution in [1.82, 2.24) is 0 Å². The quantitative estimate of drug-likeness (QED) is 0.332. The zero-order valence-corrected chi connectivity index (χ0v) is 20.2. The number of nitrogens with zero attached hydrogens (tertiary/aromatic N) is 1. The van der Waals surface area contributed by atoms with Crippen LogP contribution in [0.5, 0.6) is 0 Å². The first-order valence-electron chi connectivity index (χ1n) is 13.2. The molecule has 0 aromatic rings. The van der Waals surface area contributed by atoms with Gasteiger partial charge in [0.05, 0.1) is 17.3 Å². The minimum absolute atomic E-state index is 0.0791. The van der Waals surface area contributed by atoms with E-state index in [1.807, 2.05) is 6.08 Å². The highest BCUT2D eigenvalue weighted by atomic mass is 16.5. The number of carbonyl (C=O) groups is 1. The SMILES string of the molecule is CCCCN=C[C@]12CC[C@@H](O)C[C@@]1(O)CC[C@@H]1[C@@H]2CC[C@]2(C)[C@H]([C@@H]3C=CC(=O)O3)CC[C@]12O. The second-order valence-corrected chi connectivity index (χ2v) is 11.9. The van der Waals surface area contributed by atoms with Crippen LogP contribution in [0.3, 0.4) is 0 Å². The molecule has 3 N–H and O–H groups in total. The Bertz CT molecular complexity index is 842. The number of hydrogen-bond donors (Lipinski definition) is 3. The summed E-state index contributed by atoms with van der Waals surface area (Å²) in [6, 6.07) is 0. The number of unbranched alkanes of at least 4 members (excludes halogenated alkanes) is 1. The molecule has 5 aliphatic rings. The molecule has 0 radical (unpaired) electrons. The molecule has 0 amide bonds. The summed E-state index contributed by atoms with van der Waals surface area (Å²) < 4.78 is 5.60. The first kappa shape index (κ1) is 23.5. The second kappa shape index (κ2) is 8.17. The summed E-state index contributed by atoms with van der Waals surface area (Å²) in [6.45, 7) is 5.12. The Balaban J connectivity index is 1.49. The molecule has 0 saturated heterocycles. The van der Waals surface area contributed by atoms with E-state index in [9.17, 15) is 20.1 Å². The fourth-order valence-electron chi connectivity index (χ4n) is 8.82. The van der Waals surface area contributed by atoms with Crippen LogP contribution in [0.25, 0.3) is 0 Å². The lowest BCUT2D eigenvalue weighted by Gasteiger charge is -2.65. The molecule has 4 fully saturated rings. The molecule has 6 heteroatoms. The van der Waals surface area contributed by atoms with E-state index < -0.39 is 22.7 Å². The number of rotatable bonds is 5. The van der Waals surface area contributed by atoms with Crippen LogP contribution >= 0.6 is 0 Å². The van der Waals surface area contributed by atoms with E-state index in [1.54, 1.807) is 0 Å². The van der Waals surface area contributed by atoms with E-state index in [2.05, 4.69) is 20.1 Å². The first-order chi connectivity index (χ1) is 15.7. The molecule has 4 aliphatic carbocycles. The summed E-state index contributed by atoms with van der Waals surface area (Å²) in [5.41, 5.74) is -2.62. The minimum atomic E-state index is -0.965. The number of aliphatic imine (C=N–C) groups is 1. The molecular weight excluding hydrogens is 418 g/mol. The normalized spacial score (nSPS) is 51.3. The summed E-state index contributed by atoms with van der Waals surface area (Å²) in [5, 5.41) is 34.8. The highest BCUT2D eigenvalue weighted by Crippen LogP contribution is 2.70. The van der Waals surface area contributed by atoms with Crippen molar-refractivity contribution in [3.05, 3.63) is 12.2 Å². The largest absolute Gasteiger partial charge is 0.455 e. The Kier molecular flexibility index (Phi) is 5.81. The van der Waals surface area contributed by atoms with E-state index in [1.165, 1.54) is 6.08 Å². The van der Waals surface area contributed by atoms with Gasteiger partial charge in [-0.05, 0) is 75.7 Å². The van der Waals surface area contributed by atoms with Gasteiger partial charge in [0.2, 0.25) is 0 Å². The van der Waals surface area contributed by atoms with Gasteiger partial charge in [0.1, 0.15) is 6.10 Å². The molecule has 1 aliphatic heterocycles. The third-order valence-corrected chi connectivity index (χ3v) is 10.6. The molecule has 0 spiro atoms. The van der Waals surface area contributed by atoms with Gasteiger partial charge in [-0.1, -0.05) is 20.3 Å². The molecule has 184 valence electrons. The molecule has 5 rings (SSSR count). The minimum Gasteiger partial charge on any atom is -0.455 e. The number of cyclic esters (lactones) is 1. The first-order valence-corrected chi connectivity index (χ1v) is 13.2. The number of ether oxygens (including phenoxy) is 1. The standard InChI is InChI=1S/C27H41NO5/c1-3-4-15-28-17-25-12-7-18(29)16-26(25,31)13-9-20-19(25)8-11-24(2)21(10-14-27(20,24)32)22-5-6-23(30)33-22/h5-6,17-22,29,31-32H,3-4,7-16H2,1-2H3/t18-,19+,20-,21+,22+,24-,25+,26+,27+/m1/s1. The van der Waals surface area contributed by atoms with Crippen LogP contribution < -0.4 is 0 Å².